The third kappa shape index (κ3) is 1.68. The molecular formula is C11H18O2. The third-order valence-electron chi connectivity index (χ3n) is 3.34. The first-order valence-corrected chi connectivity index (χ1v) is 4.78. The summed E-state index contributed by atoms with van der Waals surface area (Å²) in [6, 6.07) is 0. The van der Waals surface area contributed by atoms with E-state index in [1.165, 1.54) is 0 Å². The van der Waals surface area contributed by atoms with Gasteiger partial charge in [0.15, 0.2) is 5.78 Å². The second-order valence-corrected chi connectivity index (χ2v) is 4.54. The van der Waals surface area contributed by atoms with E-state index in [9.17, 15) is 9.90 Å². The SMILES string of the molecule is CC1=CC(=O)C(C)(C(C)C)CC1O. The molecule has 1 aliphatic carbocycles. The van der Waals surface area contributed by atoms with Crippen LogP contribution in [0.3, 0.4) is 0 Å². The number of allylic oxidation sites excluding steroid dienone is 1. The number of carbonyl (C=O) groups is 1. The molecule has 74 valence electrons. The van der Waals surface area contributed by atoms with Gasteiger partial charge >= 0.3 is 0 Å². The summed E-state index contributed by atoms with van der Waals surface area (Å²) in [4.78, 5) is 11.7. The molecule has 0 saturated heterocycles. The van der Waals surface area contributed by atoms with Crippen LogP contribution in [0.5, 0.6) is 0 Å². The van der Waals surface area contributed by atoms with E-state index in [1.54, 1.807) is 6.08 Å². The summed E-state index contributed by atoms with van der Waals surface area (Å²) in [7, 11) is 0. The van der Waals surface area contributed by atoms with Crippen LogP contribution in [0.15, 0.2) is 11.6 Å². The Kier molecular flexibility index (Phi) is 2.62. The van der Waals surface area contributed by atoms with Gasteiger partial charge in [0.05, 0.1) is 6.10 Å². The van der Waals surface area contributed by atoms with E-state index in [0.717, 1.165) is 5.57 Å². The fourth-order valence-electron chi connectivity index (χ4n) is 1.65. The molecule has 0 aromatic rings. The van der Waals surface area contributed by atoms with Crippen molar-refractivity contribution in [3.63, 3.8) is 0 Å². The molecule has 1 aliphatic rings. The molecule has 1 rings (SSSR count). The molecule has 2 atom stereocenters. The Morgan fingerprint density at radius 2 is 2.15 bits per heavy atom. The lowest BCUT2D eigenvalue weighted by molar-refractivity contribution is -0.128. The van der Waals surface area contributed by atoms with Gasteiger partial charge in [-0.25, -0.2) is 0 Å². The number of hydrogen-bond acceptors (Lipinski definition) is 2. The molecule has 2 unspecified atom stereocenters. The lowest BCUT2D eigenvalue weighted by Crippen LogP contribution is -2.39. The van der Waals surface area contributed by atoms with Crippen LogP contribution in [0, 0.1) is 11.3 Å². The molecule has 13 heavy (non-hydrogen) atoms. The molecule has 0 aromatic heterocycles. The molecule has 1 N–H and O–H groups in total. The highest BCUT2D eigenvalue weighted by Crippen LogP contribution is 2.38. The maximum Gasteiger partial charge on any atom is 0.161 e. The highest BCUT2D eigenvalue weighted by molar-refractivity contribution is 5.96. The highest BCUT2D eigenvalue weighted by atomic mass is 16.3. The Hall–Kier alpha value is -0.630. The zero-order valence-corrected chi connectivity index (χ0v) is 8.79. The minimum absolute atomic E-state index is 0.158. The first kappa shape index (κ1) is 10.5. The Morgan fingerprint density at radius 3 is 2.62 bits per heavy atom. The highest BCUT2D eigenvalue weighted by Gasteiger charge is 2.40. The maximum absolute atomic E-state index is 11.7. The number of aliphatic hydroxyl groups is 1. The molecule has 0 aromatic carbocycles. The van der Waals surface area contributed by atoms with Gasteiger partial charge in [0.1, 0.15) is 0 Å². The van der Waals surface area contributed by atoms with E-state index in [0.29, 0.717) is 6.42 Å². The van der Waals surface area contributed by atoms with E-state index in [2.05, 4.69) is 0 Å². The second kappa shape index (κ2) is 3.26. The zero-order chi connectivity index (χ0) is 10.2. The van der Waals surface area contributed by atoms with Crippen LogP contribution in [0.2, 0.25) is 0 Å². The van der Waals surface area contributed by atoms with Gasteiger partial charge in [-0.15, -0.1) is 0 Å². The van der Waals surface area contributed by atoms with E-state index >= 15 is 0 Å². The Balaban J connectivity index is 3.00. The quantitative estimate of drug-likeness (QED) is 0.672. The van der Waals surface area contributed by atoms with Crippen LogP contribution in [-0.4, -0.2) is 17.0 Å². The second-order valence-electron chi connectivity index (χ2n) is 4.54. The van der Waals surface area contributed by atoms with Crippen LogP contribution in [0.1, 0.15) is 34.1 Å². The van der Waals surface area contributed by atoms with Gasteiger partial charge in [0.2, 0.25) is 0 Å². The van der Waals surface area contributed by atoms with Crippen molar-refractivity contribution in [3.8, 4) is 0 Å². The van der Waals surface area contributed by atoms with Gasteiger partial charge in [-0.1, -0.05) is 20.8 Å². The molecular weight excluding hydrogens is 164 g/mol. The molecule has 0 amide bonds. The first-order valence-electron chi connectivity index (χ1n) is 4.78. The Bertz CT molecular complexity index is 253. The molecule has 0 spiro atoms. The van der Waals surface area contributed by atoms with Gasteiger partial charge in [0, 0.05) is 5.41 Å². The number of hydrogen-bond donors (Lipinski definition) is 1. The summed E-state index contributed by atoms with van der Waals surface area (Å²) in [5, 5.41) is 9.66. The van der Waals surface area contributed by atoms with E-state index in [-0.39, 0.29) is 17.1 Å². The van der Waals surface area contributed by atoms with E-state index in [1.807, 2.05) is 27.7 Å². The van der Waals surface area contributed by atoms with Gasteiger partial charge in [0.25, 0.3) is 0 Å². The van der Waals surface area contributed by atoms with E-state index in [4.69, 9.17) is 0 Å². The van der Waals surface area contributed by atoms with Crippen molar-refractivity contribution in [3.05, 3.63) is 11.6 Å². The van der Waals surface area contributed by atoms with Crippen LogP contribution in [0.4, 0.5) is 0 Å². The fraction of sp³-hybridized carbons (Fsp3) is 0.727. The molecule has 0 fully saturated rings. The van der Waals surface area contributed by atoms with Crippen LogP contribution < -0.4 is 0 Å². The average Bonchev–Trinajstić information content (AvgIpc) is 2.01. The van der Waals surface area contributed by atoms with Crippen molar-refractivity contribution in [2.75, 3.05) is 0 Å². The summed E-state index contributed by atoms with van der Waals surface area (Å²) in [6.07, 6.45) is 1.71. The molecule has 2 heteroatoms. The monoisotopic (exact) mass is 182 g/mol. The van der Waals surface area contributed by atoms with Crippen molar-refractivity contribution in [2.24, 2.45) is 11.3 Å². The zero-order valence-electron chi connectivity index (χ0n) is 8.79. The van der Waals surface area contributed by atoms with Crippen molar-refractivity contribution in [1.29, 1.82) is 0 Å². The maximum atomic E-state index is 11.7. The Labute approximate surface area is 79.6 Å². The smallest absolute Gasteiger partial charge is 0.161 e. The number of ketones is 1. The van der Waals surface area contributed by atoms with Gasteiger partial charge in [-0.05, 0) is 30.9 Å². The molecule has 2 nitrogen and oxygen atoms in total. The van der Waals surface area contributed by atoms with Crippen molar-refractivity contribution >= 4 is 5.78 Å². The molecule has 0 radical (unpaired) electrons. The topological polar surface area (TPSA) is 37.3 Å². The number of carbonyl (C=O) groups excluding carboxylic acids is 1. The normalized spacial score (nSPS) is 35.1. The van der Waals surface area contributed by atoms with Gasteiger partial charge in [-0.3, -0.25) is 4.79 Å². The van der Waals surface area contributed by atoms with Crippen molar-refractivity contribution in [1.82, 2.24) is 0 Å². The molecule has 0 aliphatic heterocycles. The Morgan fingerprint density at radius 1 is 1.62 bits per heavy atom. The van der Waals surface area contributed by atoms with Crippen LogP contribution in [0.25, 0.3) is 0 Å². The lowest BCUT2D eigenvalue weighted by atomic mass is 9.67. The summed E-state index contributed by atoms with van der Waals surface area (Å²) >= 11 is 0. The van der Waals surface area contributed by atoms with Crippen molar-refractivity contribution in [2.45, 2.75) is 40.2 Å². The summed E-state index contributed by atoms with van der Waals surface area (Å²) in [6.45, 7) is 7.80. The molecule has 0 heterocycles. The van der Waals surface area contributed by atoms with Crippen LogP contribution >= 0.6 is 0 Å². The van der Waals surface area contributed by atoms with Crippen molar-refractivity contribution < 1.29 is 9.90 Å². The van der Waals surface area contributed by atoms with E-state index < -0.39 is 6.10 Å². The molecule has 0 saturated carbocycles. The summed E-state index contributed by atoms with van der Waals surface area (Å²) in [5.41, 5.74) is 0.418. The summed E-state index contributed by atoms with van der Waals surface area (Å²) in [5.74, 6) is 0.435. The number of aliphatic hydroxyl groups excluding tert-OH is 1. The van der Waals surface area contributed by atoms with Gasteiger partial charge < -0.3 is 5.11 Å². The third-order valence-corrected chi connectivity index (χ3v) is 3.34. The first-order chi connectivity index (χ1) is 5.88. The summed E-state index contributed by atoms with van der Waals surface area (Å²) < 4.78 is 0. The van der Waals surface area contributed by atoms with Gasteiger partial charge in [-0.2, -0.15) is 0 Å². The minimum Gasteiger partial charge on any atom is -0.389 e. The molecule has 0 bridgehead atoms. The van der Waals surface area contributed by atoms with Crippen LogP contribution in [-0.2, 0) is 4.79 Å². The average molecular weight is 182 g/mol. The number of rotatable bonds is 1. The largest absolute Gasteiger partial charge is 0.389 e. The predicted molar refractivity (Wildman–Crippen MR) is 52.3 cm³/mol. The minimum atomic E-state index is -0.440. The predicted octanol–water partition coefficient (Wildman–Crippen LogP) is 1.93. The fourth-order valence-corrected chi connectivity index (χ4v) is 1.65. The standard InChI is InChI=1S/C11H18O2/c1-7(2)11(4)6-9(12)8(3)5-10(11)13/h5,7,9,12H,6H2,1-4H3. The lowest BCUT2D eigenvalue weighted by Gasteiger charge is -2.36.